The van der Waals surface area contributed by atoms with Gasteiger partial charge in [-0.3, -0.25) is 15.0 Å². The molecule has 0 bridgehead atoms. The fourth-order valence-corrected chi connectivity index (χ4v) is 2.19. The summed E-state index contributed by atoms with van der Waals surface area (Å²) in [6.07, 6.45) is 0. The van der Waals surface area contributed by atoms with E-state index in [0.717, 1.165) is 12.1 Å². The monoisotopic (exact) mass is 292 g/mol. The van der Waals surface area contributed by atoms with Gasteiger partial charge in [-0.15, -0.1) is 0 Å². The van der Waals surface area contributed by atoms with Crippen molar-refractivity contribution in [2.24, 2.45) is 0 Å². The van der Waals surface area contributed by atoms with Crippen molar-refractivity contribution in [2.75, 3.05) is 0 Å². The average molecular weight is 292 g/mol. The molecule has 0 amide bonds. The molecule has 1 rings (SSSR count). The number of rotatable bonds is 4. The van der Waals surface area contributed by atoms with Crippen LogP contribution in [0.3, 0.4) is 0 Å². The molecule has 0 saturated carbocycles. The zero-order valence-corrected chi connectivity index (χ0v) is 11.3. The molecule has 0 saturated heterocycles. The van der Waals surface area contributed by atoms with Crippen molar-refractivity contribution in [3.63, 3.8) is 0 Å². The van der Waals surface area contributed by atoms with Gasteiger partial charge in [0, 0.05) is 0 Å². The molecule has 0 aliphatic carbocycles. The van der Waals surface area contributed by atoms with Crippen molar-refractivity contribution >= 4 is 15.7 Å². The lowest BCUT2D eigenvalue weighted by Crippen LogP contribution is -2.33. The average Bonchev–Trinajstić information content (AvgIpc) is 2.25. The summed E-state index contributed by atoms with van der Waals surface area (Å²) in [5.74, 6) is -0.901. The van der Waals surface area contributed by atoms with Gasteiger partial charge in [0.05, 0.1) is 16.6 Å². The quantitative estimate of drug-likeness (QED) is 0.673. The van der Waals surface area contributed by atoms with E-state index in [4.69, 9.17) is 4.84 Å². The standard InChI is InChI=1S/C10H13FN2O5S/c1-10(2,3)18-12-19(16,17)9-5-4-7(11)6-8(9)13(14)15/h4-6,12H,1-3H3. The zero-order chi connectivity index (χ0) is 14.8. The highest BCUT2D eigenvalue weighted by molar-refractivity contribution is 7.89. The predicted molar refractivity (Wildman–Crippen MR) is 64.2 cm³/mol. The highest BCUT2D eigenvalue weighted by Gasteiger charge is 2.28. The van der Waals surface area contributed by atoms with Crippen LogP contribution in [-0.4, -0.2) is 18.9 Å². The molecule has 0 aromatic heterocycles. The van der Waals surface area contributed by atoms with Crippen LogP contribution < -0.4 is 4.89 Å². The molecule has 0 radical (unpaired) electrons. The molecule has 7 nitrogen and oxygen atoms in total. The molecule has 106 valence electrons. The Hall–Kier alpha value is -1.58. The van der Waals surface area contributed by atoms with Gasteiger partial charge in [-0.1, -0.05) is 4.89 Å². The maximum absolute atomic E-state index is 12.9. The number of sulfonamides is 1. The van der Waals surface area contributed by atoms with Gasteiger partial charge in [-0.2, -0.15) is 0 Å². The number of hydrogen-bond donors (Lipinski definition) is 1. The molecule has 1 aromatic rings. The number of nitro benzene ring substituents is 1. The first-order chi connectivity index (χ1) is 8.53. The minimum absolute atomic E-state index is 0.533. The van der Waals surface area contributed by atoms with Crippen molar-refractivity contribution in [3.05, 3.63) is 34.1 Å². The molecular formula is C10H13FN2O5S. The second-order valence-corrected chi connectivity index (χ2v) is 6.28. The van der Waals surface area contributed by atoms with Gasteiger partial charge in [0.1, 0.15) is 5.82 Å². The first-order valence-electron chi connectivity index (χ1n) is 5.17. The number of halogens is 1. The van der Waals surface area contributed by atoms with Crippen LogP contribution in [-0.2, 0) is 14.9 Å². The Labute approximate surface area is 109 Å². The predicted octanol–water partition coefficient (Wildman–Crippen LogP) is 1.74. The molecular weight excluding hydrogens is 279 g/mol. The minimum atomic E-state index is -4.27. The Bertz CT molecular complexity index is 594. The van der Waals surface area contributed by atoms with E-state index in [1.54, 1.807) is 25.7 Å². The highest BCUT2D eigenvalue weighted by Crippen LogP contribution is 2.24. The second kappa shape index (κ2) is 5.19. The Morgan fingerprint density at radius 1 is 1.37 bits per heavy atom. The van der Waals surface area contributed by atoms with E-state index in [2.05, 4.69) is 0 Å². The number of benzene rings is 1. The molecule has 0 aliphatic rings. The molecule has 19 heavy (non-hydrogen) atoms. The zero-order valence-electron chi connectivity index (χ0n) is 10.5. The summed E-state index contributed by atoms with van der Waals surface area (Å²) in [4.78, 5) is 15.7. The van der Waals surface area contributed by atoms with E-state index in [0.29, 0.717) is 6.07 Å². The first kappa shape index (κ1) is 15.5. The van der Waals surface area contributed by atoms with Crippen molar-refractivity contribution in [1.82, 2.24) is 4.89 Å². The molecule has 1 N–H and O–H groups in total. The van der Waals surface area contributed by atoms with E-state index >= 15 is 0 Å². The Balaban J connectivity index is 3.18. The molecule has 0 spiro atoms. The third-order valence-corrected chi connectivity index (χ3v) is 3.09. The van der Waals surface area contributed by atoms with Gasteiger partial charge in [0.25, 0.3) is 15.7 Å². The maximum atomic E-state index is 12.9. The van der Waals surface area contributed by atoms with Crippen molar-refractivity contribution in [2.45, 2.75) is 31.3 Å². The minimum Gasteiger partial charge on any atom is -0.281 e. The lowest BCUT2D eigenvalue weighted by molar-refractivity contribution is -0.388. The van der Waals surface area contributed by atoms with Gasteiger partial charge in [0.15, 0.2) is 4.90 Å². The topological polar surface area (TPSA) is 98.5 Å². The van der Waals surface area contributed by atoms with Gasteiger partial charge in [-0.25, -0.2) is 12.8 Å². The summed E-state index contributed by atoms with van der Waals surface area (Å²) in [7, 11) is -4.27. The van der Waals surface area contributed by atoms with Crippen LogP contribution in [0.1, 0.15) is 20.8 Å². The normalized spacial score (nSPS) is 12.4. The SMILES string of the molecule is CC(C)(C)ONS(=O)(=O)c1ccc(F)cc1[N+](=O)[O-]. The van der Waals surface area contributed by atoms with E-state index in [1.807, 2.05) is 0 Å². The Morgan fingerprint density at radius 3 is 2.42 bits per heavy atom. The summed E-state index contributed by atoms with van der Waals surface area (Å²) < 4.78 is 36.6. The number of nitro groups is 1. The molecule has 0 unspecified atom stereocenters. The maximum Gasteiger partial charge on any atom is 0.292 e. The van der Waals surface area contributed by atoms with E-state index in [9.17, 15) is 22.9 Å². The van der Waals surface area contributed by atoms with Crippen molar-refractivity contribution < 1.29 is 22.6 Å². The molecule has 9 heteroatoms. The molecule has 1 aromatic carbocycles. The fourth-order valence-electron chi connectivity index (χ4n) is 1.09. The third kappa shape index (κ3) is 4.23. The van der Waals surface area contributed by atoms with Crippen LogP contribution in [0, 0.1) is 15.9 Å². The number of hydrogen-bond acceptors (Lipinski definition) is 5. The lowest BCUT2D eigenvalue weighted by atomic mass is 10.2. The van der Waals surface area contributed by atoms with Gasteiger partial charge in [0.2, 0.25) is 0 Å². The summed E-state index contributed by atoms with van der Waals surface area (Å²) in [6, 6.07) is 2.16. The summed E-state index contributed by atoms with van der Waals surface area (Å²) in [5, 5.41) is 10.7. The van der Waals surface area contributed by atoms with E-state index in [1.165, 1.54) is 0 Å². The summed E-state index contributed by atoms with van der Waals surface area (Å²) in [6.45, 7) is 4.78. The summed E-state index contributed by atoms with van der Waals surface area (Å²) >= 11 is 0. The van der Waals surface area contributed by atoms with Gasteiger partial charge in [-0.05, 0) is 32.9 Å². The first-order valence-corrected chi connectivity index (χ1v) is 6.65. The number of nitrogens with zero attached hydrogens (tertiary/aromatic N) is 1. The lowest BCUT2D eigenvalue weighted by Gasteiger charge is -2.19. The van der Waals surface area contributed by atoms with Crippen molar-refractivity contribution in [3.8, 4) is 0 Å². The second-order valence-electron chi connectivity index (χ2n) is 4.67. The largest absolute Gasteiger partial charge is 0.292 e. The number of nitrogens with one attached hydrogen (secondary N) is 1. The Kier molecular flexibility index (Phi) is 4.23. The van der Waals surface area contributed by atoms with Gasteiger partial charge >= 0.3 is 0 Å². The third-order valence-electron chi connectivity index (χ3n) is 1.86. The molecule has 0 heterocycles. The summed E-state index contributed by atoms with van der Waals surface area (Å²) in [5.41, 5.74) is -1.67. The smallest absolute Gasteiger partial charge is 0.281 e. The van der Waals surface area contributed by atoms with E-state index in [-0.39, 0.29) is 0 Å². The van der Waals surface area contributed by atoms with Crippen LogP contribution in [0.5, 0.6) is 0 Å². The van der Waals surface area contributed by atoms with Crippen LogP contribution in [0.2, 0.25) is 0 Å². The van der Waals surface area contributed by atoms with Crippen LogP contribution in [0.25, 0.3) is 0 Å². The molecule has 0 fully saturated rings. The van der Waals surface area contributed by atoms with Crippen LogP contribution in [0.4, 0.5) is 10.1 Å². The highest BCUT2D eigenvalue weighted by atomic mass is 32.2. The van der Waals surface area contributed by atoms with Gasteiger partial charge < -0.3 is 0 Å². The van der Waals surface area contributed by atoms with Crippen LogP contribution in [0.15, 0.2) is 23.1 Å². The van der Waals surface area contributed by atoms with Crippen LogP contribution >= 0.6 is 0 Å². The fraction of sp³-hybridized carbons (Fsp3) is 0.400. The molecule has 0 atom stereocenters. The Morgan fingerprint density at radius 2 is 1.95 bits per heavy atom. The van der Waals surface area contributed by atoms with Crippen molar-refractivity contribution in [1.29, 1.82) is 0 Å². The van der Waals surface area contributed by atoms with E-state index < -0.39 is 36.9 Å². The molecule has 0 aliphatic heterocycles.